The molecular weight excluding hydrogens is 398 g/mol. The van der Waals surface area contributed by atoms with Gasteiger partial charge in [0.05, 0.1) is 5.56 Å². The molecule has 4 nitrogen and oxygen atoms in total. The van der Waals surface area contributed by atoms with Crippen molar-refractivity contribution in [2.75, 3.05) is 0 Å². The Hall–Kier alpha value is -4.01. The number of hydrogen-bond donors (Lipinski definition) is 0. The van der Waals surface area contributed by atoms with Gasteiger partial charge < -0.3 is 4.53 Å². The number of nitriles is 1. The Bertz CT molecular complexity index is 1120. The predicted octanol–water partition coefficient (Wildman–Crippen LogP) is 3.36. The largest absolute Gasteiger partial charge is 0.438 e. The molecule has 1 aromatic heterocycles. The van der Waals surface area contributed by atoms with Crippen LogP contribution < -0.4 is 15.6 Å². The molecule has 31 heavy (non-hydrogen) atoms. The second-order valence-corrected chi connectivity index (χ2v) is 10.3. The molecule has 150 valence electrons. The van der Waals surface area contributed by atoms with Crippen LogP contribution >= 0.6 is 0 Å². The van der Waals surface area contributed by atoms with Crippen LogP contribution in [0.1, 0.15) is 18.2 Å². The first-order valence-electron chi connectivity index (χ1n) is 10.0. The molecule has 0 bridgehead atoms. The molecule has 0 N–H and O–H groups in total. The van der Waals surface area contributed by atoms with Gasteiger partial charge in [0.1, 0.15) is 17.5 Å². The van der Waals surface area contributed by atoms with Crippen molar-refractivity contribution >= 4 is 29.6 Å². The summed E-state index contributed by atoms with van der Waals surface area (Å²) in [5.74, 6) is 0. The molecule has 0 spiro atoms. The molecule has 0 aliphatic carbocycles. The molecule has 1 heterocycles. The van der Waals surface area contributed by atoms with Crippen LogP contribution in [0.5, 0.6) is 0 Å². The Morgan fingerprint density at radius 3 is 1.71 bits per heavy atom. The SMILES string of the molecule is CC(=NO[Si](c1ccccc1)(c1ccccc1)c1ccccc1)c1ncccc1C#N. The average Bonchev–Trinajstić information content (AvgIpc) is 2.86. The zero-order chi connectivity index (χ0) is 21.5. The normalized spacial score (nSPS) is 11.5. The van der Waals surface area contributed by atoms with Gasteiger partial charge in [0.2, 0.25) is 0 Å². The standard InChI is InChI=1S/C26H21N3OSi/c1-21(26-22(20-27)12-11-19-28-26)29-30-31(23-13-5-2-6-14-23,24-15-7-3-8-16-24)25-17-9-4-10-18-25/h2-19H,1H3. The zero-order valence-electron chi connectivity index (χ0n) is 17.1. The summed E-state index contributed by atoms with van der Waals surface area (Å²) in [4.78, 5) is 4.35. The minimum Gasteiger partial charge on any atom is -0.438 e. The maximum Gasteiger partial charge on any atom is 0.380 e. The molecule has 0 fully saturated rings. The summed E-state index contributed by atoms with van der Waals surface area (Å²) in [5.41, 5.74) is 1.57. The van der Waals surface area contributed by atoms with E-state index < -0.39 is 8.32 Å². The summed E-state index contributed by atoms with van der Waals surface area (Å²) in [5, 5.41) is 17.3. The van der Waals surface area contributed by atoms with Crippen molar-refractivity contribution in [3.8, 4) is 6.07 Å². The smallest absolute Gasteiger partial charge is 0.380 e. The number of oxime groups is 1. The van der Waals surface area contributed by atoms with Crippen LogP contribution in [0.3, 0.4) is 0 Å². The van der Waals surface area contributed by atoms with E-state index in [1.807, 2.05) is 61.5 Å². The molecule has 0 radical (unpaired) electrons. The Morgan fingerprint density at radius 1 is 0.774 bits per heavy atom. The molecule has 0 aliphatic rings. The van der Waals surface area contributed by atoms with E-state index >= 15 is 0 Å². The quantitative estimate of drug-likeness (QED) is 0.208. The van der Waals surface area contributed by atoms with E-state index in [0.29, 0.717) is 17.0 Å². The maximum atomic E-state index is 9.45. The third kappa shape index (κ3) is 4.02. The van der Waals surface area contributed by atoms with Crippen molar-refractivity contribution < 1.29 is 4.53 Å². The monoisotopic (exact) mass is 419 g/mol. The van der Waals surface area contributed by atoms with Gasteiger partial charge in [0.15, 0.2) is 0 Å². The highest BCUT2D eigenvalue weighted by Gasteiger charge is 2.45. The number of nitrogens with zero attached hydrogens (tertiary/aromatic N) is 3. The van der Waals surface area contributed by atoms with E-state index in [1.165, 1.54) is 0 Å². The van der Waals surface area contributed by atoms with Crippen molar-refractivity contribution in [1.29, 1.82) is 5.26 Å². The van der Waals surface area contributed by atoms with Crippen molar-refractivity contribution in [3.63, 3.8) is 0 Å². The Labute approximate surface area is 183 Å². The Morgan fingerprint density at radius 2 is 1.26 bits per heavy atom. The summed E-state index contributed by atoms with van der Waals surface area (Å²) in [6.45, 7) is 1.82. The lowest BCUT2D eigenvalue weighted by atomic mass is 10.1. The zero-order valence-corrected chi connectivity index (χ0v) is 18.1. The summed E-state index contributed by atoms with van der Waals surface area (Å²) >= 11 is 0. The number of pyridine rings is 1. The Kier molecular flexibility index (Phi) is 6.02. The molecule has 0 aliphatic heterocycles. The fourth-order valence-electron chi connectivity index (χ4n) is 3.64. The number of rotatable bonds is 6. The fourth-order valence-corrected chi connectivity index (χ4v) is 7.22. The topological polar surface area (TPSA) is 58.3 Å². The van der Waals surface area contributed by atoms with Gasteiger partial charge in [-0.05, 0) is 34.6 Å². The van der Waals surface area contributed by atoms with Crippen LogP contribution in [0.15, 0.2) is 114 Å². The van der Waals surface area contributed by atoms with Crippen molar-refractivity contribution in [3.05, 3.63) is 121 Å². The first-order valence-corrected chi connectivity index (χ1v) is 11.9. The molecule has 5 heteroatoms. The number of aromatic nitrogens is 1. The van der Waals surface area contributed by atoms with Crippen LogP contribution in [0.4, 0.5) is 0 Å². The predicted molar refractivity (Wildman–Crippen MR) is 126 cm³/mol. The van der Waals surface area contributed by atoms with Gasteiger partial charge in [-0.3, -0.25) is 4.98 Å². The maximum absolute atomic E-state index is 9.45. The van der Waals surface area contributed by atoms with Crippen molar-refractivity contribution in [2.24, 2.45) is 5.16 Å². The van der Waals surface area contributed by atoms with E-state index in [1.54, 1.807) is 18.3 Å². The molecule has 0 saturated carbocycles. The van der Waals surface area contributed by atoms with Crippen LogP contribution in [0, 0.1) is 11.3 Å². The lowest BCUT2D eigenvalue weighted by Crippen LogP contribution is -2.68. The van der Waals surface area contributed by atoms with E-state index in [-0.39, 0.29) is 0 Å². The van der Waals surface area contributed by atoms with Crippen LogP contribution in [0.2, 0.25) is 0 Å². The van der Waals surface area contributed by atoms with E-state index in [0.717, 1.165) is 15.6 Å². The number of hydrogen-bond acceptors (Lipinski definition) is 4. The summed E-state index contributed by atoms with van der Waals surface area (Å²) < 4.78 is 6.58. The molecule has 0 atom stereocenters. The summed E-state index contributed by atoms with van der Waals surface area (Å²) in [6, 6.07) is 36.4. The third-order valence-electron chi connectivity index (χ3n) is 5.13. The molecule has 4 aromatic rings. The molecule has 0 amide bonds. The fraction of sp³-hybridized carbons (Fsp3) is 0.0385. The summed E-state index contributed by atoms with van der Waals surface area (Å²) in [7, 11) is -2.95. The van der Waals surface area contributed by atoms with Gasteiger partial charge in [-0.2, -0.15) is 5.26 Å². The molecule has 0 saturated heterocycles. The first-order chi connectivity index (χ1) is 15.3. The molecular formula is C26H21N3OSi. The van der Waals surface area contributed by atoms with Crippen LogP contribution in [-0.2, 0) is 4.53 Å². The highest BCUT2D eigenvalue weighted by atomic mass is 28.4. The average molecular weight is 420 g/mol. The van der Waals surface area contributed by atoms with Gasteiger partial charge in [0, 0.05) is 6.20 Å². The van der Waals surface area contributed by atoms with Gasteiger partial charge in [-0.15, -0.1) is 5.16 Å². The van der Waals surface area contributed by atoms with Gasteiger partial charge in [0.25, 0.3) is 0 Å². The van der Waals surface area contributed by atoms with Crippen LogP contribution in [0.25, 0.3) is 0 Å². The van der Waals surface area contributed by atoms with Gasteiger partial charge in [-0.25, -0.2) is 0 Å². The molecule has 0 unspecified atom stereocenters. The lowest BCUT2D eigenvalue weighted by molar-refractivity contribution is 0.348. The summed E-state index contributed by atoms with van der Waals surface area (Å²) in [6.07, 6.45) is 1.66. The van der Waals surface area contributed by atoms with Crippen molar-refractivity contribution in [1.82, 2.24) is 4.98 Å². The van der Waals surface area contributed by atoms with Crippen molar-refractivity contribution in [2.45, 2.75) is 6.92 Å². The minimum absolute atomic E-state index is 0.471. The second kappa shape index (κ2) is 9.20. The van der Waals surface area contributed by atoms with Crippen LogP contribution in [-0.4, -0.2) is 19.0 Å². The van der Waals surface area contributed by atoms with E-state index in [2.05, 4.69) is 52.6 Å². The van der Waals surface area contributed by atoms with Gasteiger partial charge in [-0.1, -0.05) is 91.0 Å². The molecule has 3 aromatic carbocycles. The van der Waals surface area contributed by atoms with E-state index in [4.69, 9.17) is 4.53 Å². The highest BCUT2D eigenvalue weighted by Crippen LogP contribution is 2.12. The third-order valence-corrected chi connectivity index (χ3v) is 8.94. The second-order valence-electron chi connectivity index (χ2n) is 7.06. The Balaban J connectivity index is 1.92. The minimum atomic E-state index is -2.95. The van der Waals surface area contributed by atoms with E-state index in [9.17, 15) is 5.26 Å². The first kappa shape index (κ1) is 20.3. The lowest BCUT2D eigenvalue weighted by Gasteiger charge is -2.30. The van der Waals surface area contributed by atoms with Gasteiger partial charge >= 0.3 is 8.32 Å². The molecule has 4 rings (SSSR count). The highest BCUT2D eigenvalue weighted by molar-refractivity contribution is 7.07. The number of benzene rings is 3.